The number of benzene rings is 1. The third-order valence-electron chi connectivity index (χ3n) is 6.99. The van der Waals surface area contributed by atoms with E-state index in [2.05, 4.69) is 27.0 Å². The molecule has 9 nitrogen and oxygen atoms in total. The topological polar surface area (TPSA) is 99.8 Å². The number of hydrogen-bond donors (Lipinski definition) is 0. The summed E-state index contributed by atoms with van der Waals surface area (Å²) in [5.41, 5.74) is 0.541. The zero-order valence-corrected chi connectivity index (χ0v) is 21.5. The molecule has 2 fully saturated rings. The maximum atomic E-state index is 13.1. The monoisotopic (exact) mass is 509 g/mol. The van der Waals surface area contributed by atoms with Crippen molar-refractivity contribution in [2.75, 3.05) is 40.3 Å². The lowest BCUT2D eigenvalue weighted by Crippen LogP contribution is -2.52. The van der Waals surface area contributed by atoms with Gasteiger partial charge in [-0.25, -0.2) is 8.42 Å². The Morgan fingerprint density at radius 1 is 1.24 bits per heavy atom. The van der Waals surface area contributed by atoms with Crippen molar-refractivity contribution in [3.63, 3.8) is 0 Å². The van der Waals surface area contributed by atoms with Gasteiger partial charge in [-0.05, 0) is 51.3 Å². The van der Waals surface area contributed by atoms with Gasteiger partial charge in [-0.3, -0.25) is 9.69 Å². The summed E-state index contributed by atoms with van der Waals surface area (Å²) in [4.78, 5) is 23.8. The molecule has 1 aliphatic heterocycles. The van der Waals surface area contributed by atoms with Crippen molar-refractivity contribution in [2.24, 2.45) is 0 Å². The second kappa shape index (κ2) is 10.3. The number of aromatic nitrogens is 2. The van der Waals surface area contributed by atoms with Crippen LogP contribution in [0.15, 0.2) is 27.6 Å². The van der Waals surface area contributed by atoms with Gasteiger partial charge < -0.3 is 14.3 Å². The lowest BCUT2D eigenvalue weighted by atomic mass is 9.88. The van der Waals surface area contributed by atoms with Crippen LogP contribution in [0, 0.1) is 6.92 Å². The molecular formula is C23H32ClN5O4S. The number of rotatable bonds is 6. The summed E-state index contributed by atoms with van der Waals surface area (Å²) in [5.74, 6) is -1.12. The predicted octanol–water partition coefficient (Wildman–Crippen LogP) is 2.64. The number of carbonyl (C=O) groups excluding carboxylic acids is 1. The van der Waals surface area contributed by atoms with Crippen molar-refractivity contribution in [1.82, 2.24) is 24.8 Å². The maximum absolute atomic E-state index is 13.1. The molecule has 2 atom stereocenters. The van der Waals surface area contributed by atoms with Gasteiger partial charge in [-0.15, -0.1) is 0 Å². The zero-order valence-electron chi connectivity index (χ0n) is 19.9. The molecule has 0 spiro atoms. The van der Waals surface area contributed by atoms with Crippen molar-refractivity contribution < 1.29 is 17.7 Å². The lowest BCUT2D eigenvalue weighted by molar-refractivity contribution is 0.0465. The highest BCUT2D eigenvalue weighted by molar-refractivity contribution is 7.90. The van der Waals surface area contributed by atoms with Gasteiger partial charge in [0.2, 0.25) is 0 Å². The number of sulfone groups is 1. The van der Waals surface area contributed by atoms with E-state index < -0.39 is 15.6 Å². The van der Waals surface area contributed by atoms with E-state index >= 15 is 0 Å². The largest absolute Gasteiger partial charge is 0.334 e. The number of carbonyl (C=O) groups is 1. The lowest BCUT2D eigenvalue weighted by Gasteiger charge is -2.43. The first-order chi connectivity index (χ1) is 16.2. The molecular weight excluding hydrogens is 478 g/mol. The fourth-order valence-electron chi connectivity index (χ4n) is 4.98. The molecule has 1 saturated heterocycles. The Morgan fingerprint density at radius 3 is 2.68 bits per heavy atom. The number of halogens is 1. The number of hydrogen-bond acceptors (Lipinski definition) is 8. The van der Waals surface area contributed by atoms with Crippen molar-refractivity contribution in [2.45, 2.75) is 55.3 Å². The minimum Gasteiger partial charge on any atom is -0.334 e. The molecule has 1 aromatic carbocycles. The number of likely N-dealkylation sites (N-methyl/N-ethyl adjacent to an activating group) is 1. The minimum atomic E-state index is -3.80. The Labute approximate surface area is 206 Å². The van der Waals surface area contributed by atoms with Crippen molar-refractivity contribution >= 4 is 27.3 Å². The summed E-state index contributed by atoms with van der Waals surface area (Å²) in [6.07, 6.45) is 4.04. The van der Waals surface area contributed by atoms with Gasteiger partial charge in [0.25, 0.3) is 0 Å². The first-order valence-corrected chi connectivity index (χ1v) is 13.7. The molecule has 1 amide bonds. The summed E-state index contributed by atoms with van der Waals surface area (Å²) in [7, 11) is 0.101. The number of aryl methyl sites for hydroxylation is 1. The van der Waals surface area contributed by atoms with Crippen LogP contribution in [0.2, 0.25) is 5.02 Å². The number of nitrogens with zero attached hydrogens (tertiary/aromatic N) is 5. The van der Waals surface area contributed by atoms with Gasteiger partial charge in [-0.2, -0.15) is 4.98 Å². The highest BCUT2D eigenvalue weighted by Gasteiger charge is 2.34. The van der Waals surface area contributed by atoms with Crippen LogP contribution >= 0.6 is 11.6 Å². The fourth-order valence-corrected chi connectivity index (χ4v) is 7.08. The molecule has 0 unspecified atom stereocenters. The molecule has 2 heterocycles. The molecule has 2 aliphatic rings. The molecule has 186 valence electrons. The van der Waals surface area contributed by atoms with Crippen LogP contribution in [0.1, 0.15) is 47.8 Å². The van der Waals surface area contributed by atoms with Crippen LogP contribution in [0.5, 0.6) is 0 Å². The van der Waals surface area contributed by atoms with E-state index in [1.165, 1.54) is 6.07 Å². The summed E-state index contributed by atoms with van der Waals surface area (Å²) >= 11 is 6.13. The van der Waals surface area contributed by atoms with Crippen LogP contribution in [0.4, 0.5) is 0 Å². The highest BCUT2D eigenvalue weighted by Crippen LogP contribution is 2.29. The van der Waals surface area contributed by atoms with E-state index in [9.17, 15) is 13.2 Å². The highest BCUT2D eigenvalue weighted by atomic mass is 35.5. The van der Waals surface area contributed by atoms with Crippen LogP contribution in [-0.2, 0) is 15.6 Å². The minimum absolute atomic E-state index is 0.0450. The SMILES string of the molecule is Cc1cccc(Cl)c1S(=O)(=O)Cc1noc(C(=O)N(C)[C@H]2CCC[C@@H](N3CCN(C)CC3)C2)n1. The van der Waals surface area contributed by atoms with Gasteiger partial charge in [-0.1, -0.05) is 28.9 Å². The fraction of sp³-hybridized carbons (Fsp3) is 0.609. The van der Waals surface area contributed by atoms with Gasteiger partial charge in [0.05, 0.1) is 9.92 Å². The van der Waals surface area contributed by atoms with E-state index in [1.54, 1.807) is 31.0 Å². The molecule has 2 aromatic rings. The van der Waals surface area contributed by atoms with E-state index in [1.807, 2.05) is 0 Å². The molecule has 1 aliphatic carbocycles. The summed E-state index contributed by atoms with van der Waals surface area (Å²) in [6.45, 7) is 5.92. The second-order valence-corrected chi connectivity index (χ2v) is 11.7. The Bertz CT molecular complexity index is 1110. The maximum Gasteiger partial charge on any atom is 0.316 e. The summed E-state index contributed by atoms with van der Waals surface area (Å²) in [6, 6.07) is 5.44. The second-order valence-electron chi connectivity index (χ2n) is 9.39. The quantitative estimate of drug-likeness (QED) is 0.586. The van der Waals surface area contributed by atoms with E-state index in [4.69, 9.17) is 16.1 Å². The Hall–Kier alpha value is -2.01. The summed E-state index contributed by atoms with van der Waals surface area (Å²) in [5, 5.41) is 3.91. The van der Waals surface area contributed by atoms with Gasteiger partial charge in [0.1, 0.15) is 5.75 Å². The number of piperazine rings is 1. The van der Waals surface area contributed by atoms with E-state index in [-0.39, 0.29) is 33.6 Å². The van der Waals surface area contributed by atoms with E-state index in [0.717, 1.165) is 51.9 Å². The Kier molecular flexibility index (Phi) is 7.61. The molecule has 11 heteroatoms. The number of amides is 1. The molecule has 0 N–H and O–H groups in total. The van der Waals surface area contributed by atoms with Crippen LogP contribution in [0.3, 0.4) is 0 Å². The Morgan fingerprint density at radius 2 is 1.97 bits per heavy atom. The van der Waals surface area contributed by atoms with Gasteiger partial charge in [0.15, 0.2) is 15.7 Å². The third kappa shape index (κ3) is 5.45. The van der Waals surface area contributed by atoms with Crippen molar-refractivity contribution in [3.05, 3.63) is 40.5 Å². The smallest absolute Gasteiger partial charge is 0.316 e. The van der Waals surface area contributed by atoms with Gasteiger partial charge >= 0.3 is 11.8 Å². The third-order valence-corrected chi connectivity index (χ3v) is 9.22. The van der Waals surface area contributed by atoms with Crippen LogP contribution < -0.4 is 0 Å². The van der Waals surface area contributed by atoms with E-state index in [0.29, 0.717) is 11.6 Å². The Balaban J connectivity index is 1.41. The molecule has 34 heavy (non-hydrogen) atoms. The average molecular weight is 510 g/mol. The predicted molar refractivity (Wildman–Crippen MR) is 129 cm³/mol. The first-order valence-electron chi connectivity index (χ1n) is 11.7. The van der Waals surface area contributed by atoms with Gasteiger partial charge in [0, 0.05) is 45.3 Å². The molecule has 1 aromatic heterocycles. The molecule has 4 rings (SSSR count). The van der Waals surface area contributed by atoms with Crippen LogP contribution in [0.25, 0.3) is 0 Å². The molecule has 0 bridgehead atoms. The zero-order chi connectivity index (χ0) is 24.5. The van der Waals surface area contributed by atoms with Crippen LogP contribution in [-0.4, -0.2) is 91.5 Å². The van der Waals surface area contributed by atoms with Crippen molar-refractivity contribution in [3.8, 4) is 0 Å². The summed E-state index contributed by atoms with van der Waals surface area (Å²) < 4.78 is 31.0. The first kappa shape index (κ1) is 25.1. The standard InChI is InChI=1S/C23H32ClN5O4S/c1-16-6-4-9-19(24)21(16)34(31,32)15-20-25-22(33-26-20)23(30)28(3)17-7-5-8-18(14-17)29-12-10-27(2)11-13-29/h4,6,9,17-18H,5,7-8,10-15H2,1-3H3/t17-,18+/m0/s1. The molecule has 0 radical (unpaired) electrons. The normalized spacial score (nSPS) is 22.6. The average Bonchev–Trinajstić information content (AvgIpc) is 3.26. The molecule has 1 saturated carbocycles. The van der Waals surface area contributed by atoms with Crippen molar-refractivity contribution in [1.29, 1.82) is 0 Å².